The number of ether oxygens (including phenoxy) is 1. The minimum absolute atomic E-state index is 0.0222. The molecule has 0 saturated heterocycles. The van der Waals surface area contributed by atoms with Crippen LogP contribution in [0, 0.1) is 11.6 Å². The highest BCUT2D eigenvalue weighted by atomic mass is 28.3. The number of amides is 2. The van der Waals surface area contributed by atoms with E-state index in [4.69, 9.17) is 9.84 Å². The van der Waals surface area contributed by atoms with E-state index in [1.807, 2.05) is 0 Å². The number of nitrogens with one attached hydrogen (secondary N) is 1. The zero-order chi connectivity index (χ0) is 26.8. The van der Waals surface area contributed by atoms with Crippen LogP contribution >= 0.6 is 0 Å². The summed E-state index contributed by atoms with van der Waals surface area (Å²) in [6, 6.07) is 5.88. The number of carbonyl (C=O) groups excluding carboxylic acids is 2. The molecule has 1 aliphatic heterocycles. The number of anilines is 1. The van der Waals surface area contributed by atoms with Gasteiger partial charge in [-0.2, -0.15) is 0 Å². The maximum atomic E-state index is 14.8. The molecule has 0 radical (unpaired) electrons. The average molecular weight is 521 g/mol. The second-order valence-electron chi connectivity index (χ2n) is 9.75. The number of hydrogen-bond donors (Lipinski definition) is 3. The second-order valence-corrected chi connectivity index (χ2v) is 14.8. The normalized spacial score (nSPS) is 16.2. The number of carboxylic acids is 1. The summed E-state index contributed by atoms with van der Waals surface area (Å²) in [6.45, 7) is 5.48. The molecule has 0 aromatic heterocycles. The molecule has 2 amide bonds. The van der Waals surface area contributed by atoms with Crippen molar-refractivity contribution in [3.05, 3.63) is 53.1 Å². The highest BCUT2D eigenvalue weighted by molar-refractivity contribution is 6.88. The monoisotopic (exact) mass is 520 g/mol. The molecule has 11 heteroatoms. The van der Waals surface area contributed by atoms with E-state index in [0.29, 0.717) is 17.7 Å². The molecule has 2 aromatic carbocycles. The fourth-order valence-corrected chi connectivity index (χ4v) is 5.98. The number of aliphatic hydroxyl groups is 1. The zero-order valence-corrected chi connectivity index (χ0v) is 21.6. The first kappa shape index (κ1) is 27.3. The Bertz CT molecular complexity index is 1160. The Morgan fingerprint density at radius 3 is 2.36 bits per heavy atom. The van der Waals surface area contributed by atoms with Crippen molar-refractivity contribution in [1.82, 2.24) is 4.90 Å². The summed E-state index contributed by atoms with van der Waals surface area (Å²) in [5.41, 5.74) is 1.11. The molecule has 1 unspecified atom stereocenters. The van der Waals surface area contributed by atoms with Crippen LogP contribution in [0.3, 0.4) is 0 Å². The Kier molecular flexibility index (Phi) is 8.14. The maximum absolute atomic E-state index is 14.8. The van der Waals surface area contributed by atoms with Crippen LogP contribution in [0.1, 0.15) is 30.0 Å². The van der Waals surface area contributed by atoms with Crippen LogP contribution in [0.4, 0.5) is 14.5 Å². The number of halogens is 2. The summed E-state index contributed by atoms with van der Waals surface area (Å²) in [6.07, 6.45) is -2.00. The Labute approximate surface area is 208 Å². The van der Waals surface area contributed by atoms with Gasteiger partial charge in [0.1, 0.15) is 29.5 Å². The number of benzene rings is 2. The Morgan fingerprint density at radius 1 is 1.17 bits per heavy atom. The van der Waals surface area contributed by atoms with Crippen molar-refractivity contribution >= 4 is 36.7 Å². The summed E-state index contributed by atoms with van der Waals surface area (Å²) in [5.74, 6) is -3.65. The largest absolute Gasteiger partial charge is 0.497 e. The summed E-state index contributed by atoms with van der Waals surface area (Å²) < 4.78 is 34.8. The number of rotatable bonds is 8. The van der Waals surface area contributed by atoms with Crippen molar-refractivity contribution in [3.63, 3.8) is 0 Å². The smallest absolute Gasteiger partial charge is 0.303 e. The first-order valence-corrected chi connectivity index (χ1v) is 15.0. The molecular weight excluding hydrogens is 490 g/mol. The first-order chi connectivity index (χ1) is 16.8. The molecule has 0 saturated carbocycles. The third kappa shape index (κ3) is 5.90. The minimum atomic E-state index is -2.33. The van der Waals surface area contributed by atoms with Crippen LogP contribution in [0.15, 0.2) is 30.3 Å². The highest BCUT2D eigenvalue weighted by Gasteiger charge is 2.38. The van der Waals surface area contributed by atoms with Crippen molar-refractivity contribution in [2.24, 2.45) is 0 Å². The fraction of sp³-hybridized carbons (Fsp3) is 0.400. The number of carboxylic acid groups (broad SMARTS) is 1. The summed E-state index contributed by atoms with van der Waals surface area (Å²) >= 11 is 0. The number of nitrogens with zero attached hydrogens (tertiary/aromatic N) is 1. The average Bonchev–Trinajstić information content (AvgIpc) is 2.79. The lowest BCUT2D eigenvalue weighted by Crippen LogP contribution is -2.49. The molecule has 0 aliphatic carbocycles. The predicted molar refractivity (Wildman–Crippen MR) is 132 cm³/mol. The van der Waals surface area contributed by atoms with E-state index in [1.54, 1.807) is 37.8 Å². The third-order valence-corrected chi connectivity index (χ3v) is 8.06. The molecular formula is C25H30F2N2O6Si. The molecule has 1 aliphatic rings. The molecule has 2 aromatic rings. The van der Waals surface area contributed by atoms with E-state index in [1.165, 1.54) is 12.0 Å². The molecule has 0 bridgehead atoms. The molecule has 194 valence electrons. The summed E-state index contributed by atoms with van der Waals surface area (Å²) in [4.78, 5) is 38.5. The van der Waals surface area contributed by atoms with Crippen molar-refractivity contribution in [2.45, 2.75) is 51.0 Å². The van der Waals surface area contributed by atoms with Gasteiger partial charge in [-0.25, -0.2) is 8.78 Å². The molecule has 0 spiro atoms. The van der Waals surface area contributed by atoms with Crippen molar-refractivity contribution in [3.8, 4) is 5.75 Å². The van der Waals surface area contributed by atoms with Crippen LogP contribution < -0.4 is 15.2 Å². The molecule has 8 nitrogen and oxygen atoms in total. The first-order valence-electron chi connectivity index (χ1n) is 11.5. The van der Waals surface area contributed by atoms with Gasteiger partial charge in [-0.15, -0.1) is 0 Å². The standard InChI is InChI=1S/C25H30F2N2O6Si/c1-35-16-5-6-17-14(11-16)9-10-29(25(34)20(30)7-8-21(31)32)22(17)24(33)28-15-12-18(26)23(19(27)13-15)36(2,3)4/h5-6,11-13,20,22,30H,7-10H2,1-4H3,(H,28,33)(H,31,32)/t20-,22?/m0/s1. The van der Waals surface area contributed by atoms with Gasteiger partial charge in [-0.3, -0.25) is 14.4 Å². The number of aliphatic hydroxyl groups excluding tert-OH is 1. The summed E-state index contributed by atoms with van der Waals surface area (Å²) in [5, 5.41) is 21.7. The maximum Gasteiger partial charge on any atom is 0.303 e. The van der Waals surface area contributed by atoms with Gasteiger partial charge in [0.2, 0.25) is 0 Å². The van der Waals surface area contributed by atoms with Gasteiger partial charge in [-0.1, -0.05) is 25.7 Å². The SMILES string of the molecule is COc1ccc2c(c1)CCN(C(=O)[C@@H](O)CCC(=O)O)C2C(=O)Nc1cc(F)c([Si](C)(C)C)c(F)c1. The number of aliphatic carboxylic acids is 1. The van der Waals surface area contributed by atoms with Gasteiger partial charge in [-0.05, 0) is 48.2 Å². The van der Waals surface area contributed by atoms with Gasteiger partial charge in [0.25, 0.3) is 11.8 Å². The second kappa shape index (κ2) is 10.7. The lowest BCUT2D eigenvalue weighted by atomic mass is 9.91. The van der Waals surface area contributed by atoms with Crippen LogP contribution in [0.5, 0.6) is 5.75 Å². The van der Waals surface area contributed by atoms with E-state index in [-0.39, 0.29) is 23.8 Å². The molecule has 3 rings (SSSR count). The molecule has 1 heterocycles. The van der Waals surface area contributed by atoms with Crippen molar-refractivity contribution in [2.75, 3.05) is 19.0 Å². The lowest BCUT2D eigenvalue weighted by molar-refractivity contribution is -0.148. The van der Waals surface area contributed by atoms with Crippen molar-refractivity contribution in [1.29, 1.82) is 0 Å². The summed E-state index contributed by atoms with van der Waals surface area (Å²) in [7, 11) is -0.829. The number of fused-ring (bicyclic) bond motifs is 1. The van der Waals surface area contributed by atoms with Gasteiger partial charge in [0.05, 0.1) is 15.2 Å². The fourth-order valence-electron chi connectivity index (χ4n) is 4.40. The lowest BCUT2D eigenvalue weighted by Gasteiger charge is -2.37. The van der Waals surface area contributed by atoms with Gasteiger partial charge < -0.3 is 25.2 Å². The van der Waals surface area contributed by atoms with E-state index in [9.17, 15) is 28.3 Å². The molecule has 36 heavy (non-hydrogen) atoms. The highest BCUT2D eigenvalue weighted by Crippen LogP contribution is 2.34. The Balaban J connectivity index is 1.97. The Morgan fingerprint density at radius 2 is 1.81 bits per heavy atom. The number of hydrogen-bond acceptors (Lipinski definition) is 5. The van der Waals surface area contributed by atoms with Gasteiger partial charge >= 0.3 is 5.97 Å². The number of carbonyl (C=O) groups is 3. The Hall–Kier alpha value is -3.31. The predicted octanol–water partition coefficient (Wildman–Crippen LogP) is 2.81. The quantitative estimate of drug-likeness (QED) is 0.461. The van der Waals surface area contributed by atoms with E-state index >= 15 is 0 Å². The molecule has 0 fully saturated rings. The topological polar surface area (TPSA) is 116 Å². The van der Waals surface area contributed by atoms with Crippen LogP contribution in [0.25, 0.3) is 0 Å². The zero-order valence-electron chi connectivity index (χ0n) is 20.6. The van der Waals surface area contributed by atoms with E-state index < -0.39 is 56.1 Å². The minimum Gasteiger partial charge on any atom is -0.497 e. The van der Waals surface area contributed by atoms with Crippen LogP contribution in [-0.4, -0.2) is 60.7 Å². The van der Waals surface area contributed by atoms with Gasteiger partial charge in [0.15, 0.2) is 0 Å². The van der Waals surface area contributed by atoms with Crippen LogP contribution in [-0.2, 0) is 20.8 Å². The molecule has 2 atom stereocenters. The van der Waals surface area contributed by atoms with Crippen molar-refractivity contribution < 1.29 is 38.1 Å². The van der Waals surface area contributed by atoms with Crippen LogP contribution in [0.2, 0.25) is 19.6 Å². The van der Waals surface area contributed by atoms with E-state index in [0.717, 1.165) is 17.7 Å². The number of methoxy groups -OCH3 is 1. The van der Waals surface area contributed by atoms with Gasteiger partial charge in [0, 0.05) is 23.8 Å². The van der Waals surface area contributed by atoms with E-state index in [2.05, 4.69) is 5.32 Å². The molecule has 3 N–H and O–H groups in total. The third-order valence-electron chi connectivity index (χ3n) is 6.09.